The molecule has 0 aliphatic heterocycles. The van der Waals surface area contributed by atoms with Crippen molar-refractivity contribution in [2.24, 2.45) is 0 Å². The molecular formula is C13H18FNO5S. The number of benzene rings is 1. The van der Waals surface area contributed by atoms with Crippen LogP contribution in [0.15, 0.2) is 17.0 Å². The summed E-state index contributed by atoms with van der Waals surface area (Å²) in [4.78, 5) is 10.5. The lowest BCUT2D eigenvalue weighted by Crippen LogP contribution is -2.27. The van der Waals surface area contributed by atoms with Crippen LogP contribution in [0.2, 0.25) is 0 Å². The van der Waals surface area contributed by atoms with E-state index in [0.717, 1.165) is 12.1 Å². The molecule has 0 amide bonds. The maximum Gasteiger partial charge on any atom is 0.335 e. The van der Waals surface area contributed by atoms with Crippen LogP contribution in [-0.2, 0) is 14.8 Å². The molecular weight excluding hydrogens is 301 g/mol. The van der Waals surface area contributed by atoms with E-state index in [1.165, 1.54) is 6.92 Å². The Balaban J connectivity index is 2.94. The van der Waals surface area contributed by atoms with Crippen LogP contribution in [-0.4, -0.2) is 39.3 Å². The molecule has 1 rings (SSSR count). The van der Waals surface area contributed by atoms with Gasteiger partial charge in [-0.1, -0.05) is 0 Å². The minimum atomic E-state index is -3.97. The summed E-state index contributed by atoms with van der Waals surface area (Å²) < 4.78 is 45.2. The minimum absolute atomic E-state index is 0.114. The molecule has 6 nitrogen and oxygen atoms in total. The Bertz CT molecular complexity index is 615. The lowest BCUT2D eigenvalue weighted by molar-refractivity contribution is 0.0696. The Morgan fingerprint density at radius 3 is 2.67 bits per heavy atom. The highest BCUT2D eigenvalue weighted by Crippen LogP contribution is 2.20. The molecule has 0 fully saturated rings. The van der Waals surface area contributed by atoms with Gasteiger partial charge < -0.3 is 9.84 Å². The molecule has 0 bridgehead atoms. The average molecular weight is 319 g/mol. The third kappa shape index (κ3) is 4.76. The van der Waals surface area contributed by atoms with E-state index in [2.05, 4.69) is 4.72 Å². The predicted molar refractivity (Wildman–Crippen MR) is 74.4 cm³/mol. The summed E-state index contributed by atoms with van der Waals surface area (Å²) in [7, 11) is -3.97. The largest absolute Gasteiger partial charge is 0.478 e. The van der Waals surface area contributed by atoms with E-state index < -0.39 is 27.4 Å². The standard InChI is InChI=1S/C13H18FNO5S/c1-3-20-6-4-5-15-21(18,19)12-8-10(13(16)17)7-11(14)9(12)2/h7-8,15H,3-6H2,1-2H3,(H,16,17). The zero-order valence-corrected chi connectivity index (χ0v) is 12.7. The second-order valence-corrected chi connectivity index (χ2v) is 6.07. The van der Waals surface area contributed by atoms with Crippen molar-refractivity contribution in [2.75, 3.05) is 19.8 Å². The molecule has 0 aliphatic carbocycles. The summed E-state index contributed by atoms with van der Waals surface area (Å²) in [6, 6.07) is 1.75. The summed E-state index contributed by atoms with van der Waals surface area (Å²) in [5.74, 6) is -2.26. The molecule has 118 valence electrons. The smallest absolute Gasteiger partial charge is 0.335 e. The van der Waals surface area contributed by atoms with E-state index in [1.54, 1.807) is 0 Å². The van der Waals surface area contributed by atoms with Crippen LogP contribution in [0.25, 0.3) is 0 Å². The van der Waals surface area contributed by atoms with Gasteiger partial charge in [0.15, 0.2) is 0 Å². The molecule has 21 heavy (non-hydrogen) atoms. The molecule has 0 saturated carbocycles. The number of ether oxygens (including phenoxy) is 1. The fourth-order valence-electron chi connectivity index (χ4n) is 1.66. The van der Waals surface area contributed by atoms with Crippen LogP contribution in [0.5, 0.6) is 0 Å². The summed E-state index contributed by atoms with van der Waals surface area (Å²) >= 11 is 0. The Labute approximate surface area is 123 Å². The number of carboxylic acids is 1. The van der Waals surface area contributed by atoms with Gasteiger partial charge in [0.2, 0.25) is 10.0 Å². The topological polar surface area (TPSA) is 92.7 Å². The number of carboxylic acid groups (broad SMARTS) is 1. The van der Waals surface area contributed by atoms with Gasteiger partial charge in [0.05, 0.1) is 10.5 Å². The molecule has 1 aromatic rings. The molecule has 0 radical (unpaired) electrons. The van der Waals surface area contributed by atoms with Gasteiger partial charge in [-0.25, -0.2) is 22.3 Å². The maximum absolute atomic E-state index is 13.6. The van der Waals surface area contributed by atoms with Crippen LogP contribution in [0.1, 0.15) is 29.3 Å². The third-order valence-electron chi connectivity index (χ3n) is 2.79. The second-order valence-electron chi connectivity index (χ2n) is 4.33. The normalized spacial score (nSPS) is 11.6. The number of hydrogen-bond acceptors (Lipinski definition) is 4. The number of halogens is 1. The maximum atomic E-state index is 13.6. The summed E-state index contributed by atoms with van der Waals surface area (Å²) in [5, 5.41) is 8.87. The van der Waals surface area contributed by atoms with Gasteiger partial charge in [-0.2, -0.15) is 0 Å². The van der Waals surface area contributed by atoms with Crippen molar-refractivity contribution in [3.63, 3.8) is 0 Å². The van der Waals surface area contributed by atoms with Crippen molar-refractivity contribution < 1.29 is 27.4 Å². The van der Waals surface area contributed by atoms with Crippen LogP contribution in [0.4, 0.5) is 4.39 Å². The van der Waals surface area contributed by atoms with Gasteiger partial charge in [0, 0.05) is 25.3 Å². The average Bonchev–Trinajstić information content (AvgIpc) is 2.40. The predicted octanol–water partition coefficient (Wildman–Crippen LogP) is 1.54. The number of carbonyl (C=O) groups is 1. The fourth-order valence-corrected chi connectivity index (χ4v) is 3.01. The highest BCUT2D eigenvalue weighted by Gasteiger charge is 2.21. The van der Waals surface area contributed by atoms with E-state index in [9.17, 15) is 17.6 Å². The highest BCUT2D eigenvalue weighted by molar-refractivity contribution is 7.89. The van der Waals surface area contributed by atoms with E-state index in [1.807, 2.05) is 6.92 Å². The lowest BCUT2D eigenvalue weighted by Gasteiger charge is -2.11. The van der Waals surface area contributed by atoms with Crippen molar-refractivity contribution in [1.29, 1.82) is 0 Å². The molecule has 0 atom stereocenters. The van der Waals surface area contributed by atoms with Crippen LogP contribution in [0.3, 0.4) is 0 Å². The van der Waals surface area contributed by atoms with Gasteiger partial charge in [-0.15, -0.1) is 0 Å². The first-order valence-electron chi connectivity index (χ1n) is 6.40. The van der Waals surface area contributed by atoms with Crippen molar-refractivity contribution >= 4 is 16.0 Å². The number of nitrogens with one attached hydrogen (secondary N) is 1. The van der Waals surface area contributed by atoms with Gasteiger partial charge in [0.1, 0.15) is 5.82 Å². The van der Waals surface area contributed by atoms with Crippen LogP contribution >= 0.6 is 0 Å². The Morgan fingerprint density at radius 2 is 2.10 bits per heavy atom. The molecule has 0 spiro atoms. The van der Waals surface area contributed by atoms with E-state index >= 15 is 0 Å². The van der Waals surface area contributed by atoms with Crippen molar-refractivity contribution in [2.45, 2.75) is 25.2 Å². The first kappa shape index (κ1) is 17.5. The number of sulfonamides is 1. The molecule has 1 aromatic carbocycles. The second kappa shape index (κ2) is 7.48. The van der Waals surface area contributed by atoms with E-state index in [4.69, 9.17) is 9.84 Å². The van der Waals surface area contributed by atoms with Gasteiger partial charge >= 0.3 is 5.97 Å². The minimum Gasteiger partial charge on any atom is -0.478 e. The fraction of sp³-hybridized carbons (Fsp3) is 0.462. The van der Waals surface area contributed by atoms with E-state index in [0.29, 0.717) is 19.6 Å². The summed E-state index contributed by atoms with van der Waals surface area (Å²) in [6.07, 6.45) is 0.465. The van der Waals surface area contributed by atoms with Crippen LogP contribution < -0.4 is 4.72 Å². The lowest BCUT2D eigenvalue weighted by atomic mass is 10.1. The molecule has 2 N–H and O–H groups in total. The Morgan fingerprint density at radius 1 is 1.43 bits per heavy atom. The van der Waals surface area contributed by atoms with Gasteiger partial charge in [0.25, 0.3) is 0 Å². The van der Waals surface area contributed by atoms with Crippen molar-refractivity contribution in [3.8, 4) is 0 Å². The van der Waals surface area contributed by atoms with Gasteiger partial charge in [-0.05, 0) is 32.4 Å². The molecule has 0 saturated heterocycles. The monoisotopic (exact) mass is 319 g/mol. The van der Waals surface area contributed by atoms with Crippen LogP contribution in [0, 0.1) is 12.7 Å². The van der Waals surface area contributed by atoms with Gasteiger partial charge in [-0.3, -0.25) is 0 Å². The zero-order valence-electron chi connectivity index (χ0n) is 11.8. The Kier molecular flexibility index (Phi) is 6.25. The quantitative estimate of drug-likeness (QED) is 0.709. The van der Waals surface area contributed by atoms with Crippen molar-refractivity contribution in [3.05, 3.63) is 29.1 Å². The number of aromatic carboxylic acids is 1. The first-order valence-corrected chi connectivity index (χ1v) is 7.88. The number of hydrogen-bond donors (Lipinski definition) is 2. The summed E-state index contributed by atoms with van der Waals surface area (Å²) in [6.45, 7) is 4.18. The van der Waals surface area contributed by atoms with Crippen molar-refractivity contribution in [1.82, 2.24) is 4.72 Å². The summed E-state index contributed by atoms with van der Waals surface area (Å²) in [5.41, 5.74) is -0.523. The first-order chi connectivity index (χ1) is 9.79. The zero-order chi connectivity index (χ0) is 16.0. The highest BCUT2D eigenvalue weighted by atomic mass is 32.2. The number of rotatable bonds is 8. The third-order valence-corrected chi connectivity index (χ3v) is 4.38. The molecule has 8 heteroatoms. The van der Waals surface area contributed by atoms with E-state index in [-0.39, 0.29) is 17.0 Å². The SMILES string of the molecule is CCOCCCNS(=O)(=O)c1cc(C(=O)O)cc(F)c1C. The molecule has 0 unspecified atom stereocenters. The molecule has 0 heterocycles. The molecule has 0 aromatic heterocycles. The molecule has 0 aliphatic rings. The Hall–Kier alpha value is -1.51.